The van der Waals surface area contributed by atoms with Crippen LogP contribution in [-0.2, 0) is 15.0 Å². The van der Waals surface area contributed by atoms with Gasteiger partial charge in [0.05, 0.1) is 0 Å². The molecule has 0 bridgehead atoms. The Morgan fingerprint density at radius 2 is 2.00 bits per heavy atom. The summed E-state index contributed by atoms with van der Waals surface area (Å²) in [5.74, 6) is -2.05. The SMILES string of the molecule is CC(N(CCF)S(=O)(=O)N1C[C@H](CCCB(O)O)[C@](N)(C(=O)O)C1)C1(N)CC1. The molecule has 162 valence electrons. The Bertz CT molecular complexity index is 679. The minimum Gasteiger partial charge on any atom is -0.480 e. The minimum atomic E-state index is -4.18. The summed E-state index contributed by atoms with van der Waals surface area (Å²) in [6, 6.07) is -0.631. The van der Waals surface area contributed by atoms with Crippen molar-refractivity contribution in [2.45, 2.75) is 56.0 Å². The molecule has 0 amide bonds. The molecular weight excluding hydrogens is 394 g/mol. The fourth-order valence-corrected chi connectivity index (χ4v) is 5.75. The van der Waals surface area contributed by atoms with Crippen molar-refractivity contribution in [1.29, 1.82) is 0 Å². The number of nitrogens with two attached hydrogens (primary N) is 2. The molecule has 7 N–H and O–H groups in total. The average Bonchev–Trinajstić information content (AvgIpc) is 3.25. The van der Waals surface area contributed by atoms with E-state index >= 15 is 0 Å². The van der Waals surface area contributed by atoms with E-state index in [4.69, 9.17) is 21.5 Å². The van der Waals surface area contributed by atoms with Crippen molar-refractivity contribution < 1.29 is 32.8 Å². The molecule has 3 atom stereocenters. The van der Waals surface area contributed by atoms with Crippen LogP contribution in [0.2, 0.25) is 6.32 Å². The number of carboxylic acids is 1. The number of hydrogen-bond acceptors (Lipinski definition) is 7. The van der Waals surface area contributed by atoms with Crippen molar-refractivity contribution >= 4 is 23.3 Å². The molecule has 1 saturated carbocycles. The molecule has 10 nitrogen and oxygen atoms in total. The predicted molar refractivity (Wildman–Crippen MR) is 101 cm³/mol. The van der Waals surface area contributed by atoms with Gasteiger partial charge >= 0.3 is 13.1 Å². The topological polar surface area (TPSA) is 170 Å². The number of alkyl halides is 1. The summed E-state index contributed by atoms with van der Waals surface area (Å²) in [6.07, 6.45) is 1.79. The molecule has 1 saturated heterocycles. The van der Waals surface area contributed by atoms with Gasteiger partial charge in [0.25, 0.3) is 10.2 Å². The maximum atomic E-state index is 13.2. The molecule has 28 heavy (non-hydrogen) atoms. The first-order valence-electron chi connectivity index (χ1n) is 9.38. The van der Waals surface area contributed by atoms with E-state index in [2.05, 4.69) is 0 Å². The number of carboxylic acid groups (broad SMARTS) is 1. The largest absolute Gasteiger partial charge is 0.480 e. The lowest BCUT2D eigenvalue weighted by Crippen LogP contribution is -2.57. The zero-order valence-corrected chi connectivity index (χ0v) is 16.8. The highest BCUT2D eigenvalue weighted by molar-refractivity contribution is 7.86. The van der Waals surface area contributed by atoms with Crippen LogP contribution in [0, 0.1) is 5.92 Å². The summed E-state index contributed by atoms with van der Waals surface area (Å²) < 4.78 is 41.4. The molecule has 13 heteroatoms. The van der Waals surface area contributed by atoms with Gasteiger partial charge in [-0.2, -0.15) is 17.0 Å². The lowest BCUT2D eigenvalue weighted by atomic mass is 9.78. The van der Waals surface area contributed by atoms with Gasteiger partial charge in [-0.25, -0.2) is 4.39 Å². The van der Waals surface area contributed by atoms with Crippen LogP contribution in [0.15, 0.2) is 0 Å². The van der Waals surface area contributed by atoms with Crippen molar-refractivity contribution in [2.24, 2.45) is 17.4 Å². The number of nitrogens with zero attached hydrogens (tertiary/aromatic N) is 2. The Morgan fingerprint density at radius 3 is 2.46 bits per heavy atom. The van der Waals surface area contributed by atoms with Gasteiger partial charge in [0.2, 0.25) is 0 Å². The zero-order valence-electron chi connectivity index (χ0n) is 16.0. The smallest absolute Gasteiger partial charge is 0.451 e. The second-order valence-corrected chi connectivity index (χ2v) is 9.84. The molecule has 1 unspecified atom stereocenters. The van der Waals surface area contributed by atoms with Gasteiger partial charge in [-0.15, -0.1) is 0 Å². The standard InChI is InChI=1S/C15H30BFN4O6S/c1-11(14(18)4-5-14)21(8-7-17)28(26,27)20-9-12(3-2-6-16(24)25)15(19,10-20)13(22)23/h11-12,24-25H,2-10,18-19H2,1H3,(H,22,23)/t11?,12-,15-/m0/s1. The van der Waals surface area contributed by atoms with Crippen molar-refractivity contribution in [2.75, 3.05) is 26.3 Å². The van der Waals surface area contributed by atoms with Crippen LogP contribution in [0.25, 0.3) is 0 Å². The highest BCUT2D eigenvalue weighted by atomic mass is 32.2. The van der Waals surface area contributed by atoms with E-state index in [1.54, 1.807) is 6.92 Å². The maximum Gasteiger partial charge on any atom is 0.451 e. The average molecular weight is 424 g/mol. The van der Waals surface area contributed by atoms with Gasteiger partial charge in [-0.3, -0.25) is 4.79 Å². The lowest BCUT2D eigenvalue weighted by molar-refractivity contribution is -0.144. The Hall–Kier alpha value is -0.825. The molecule has 0 aromatic carbocycles. The number of halogens is 1. The van der Waals surface area contributed by atoms with E-state index in [0.717, 1.165) is 8.61 Å². The molecule has 0 aromatic heterocycles. The summed E-state index contributed by atoms with van der Waals surface area (Å²) in [5.41, 5.74) is 9.67. The van der Waals surface area contributed by atoms with E-state index in [9.17, 15) is 22.7 Å². The van der Waals surface area contributed by atoms with Gasteiger partial charge in [0.15, 0.2) is 0 Å². The lowest BCUT2D eigenvalue weighted by Gasteiger charge is -2.34. The van der Waals surface area contributed by atoms with Crippen molar-refractivity contribution in [3.05, 3.63) is 0 Å². The highest BCUT2D eigenvalue weighted by Crippen LogP contribution is 2.40. The number of carbonyl (C=O) groups is 1. The van der Waals surface area contributed by atoms with Gasteiger partial charge in [0, 0.05) is 37.1 Å². The van der Waals surface area contributed by atoms with Crippen molar-refractivity contribution in [3.63, 3.8) is 0 Å². The van der Waals surface area contributed by atoms with E-state index in [1.165, 1.54) is 0 Å². The fraction of sp³-hybridized carbons (Fsp3) is 0.933. The van der Waals surface area contributed by atoms with Gasteiger partial charge in [-0.1, -0.05) is 6.42 Å². The van der Waals surface area contributed by atoms with E-state index in [0.29, 0.717) is 12.8 Å². The third kappa shape index (κ3) is 4.66. The molecule has 2 rings (SSSR count). The number of aliphatic carboxylic acids is 1. The Kier molecular flexibility index (Phi) is 7.12. The quantitative estimate of drug-likeness (QED) is 0.246. The van der Waals surface area contributed by atoms with Crippen LogP contribution in [0.3, 0.4) is 0 Å². The normalized spacial score (nSPS) is 28.5. The first kappa shape index (κ1) is 23.5. The zero-order chi connectivity index (χ0) is 21.3. The molecule has 2 aliphatic rings. The van der Waals surface area contributed by atoms with Crippen LogP contribution >= 0.6 is 0 Å². The number of rotatable bonds is 11. The Balaban J connectivity index is 2.22. The van der Waals surface area contributed by atoms with Crippen LogP contribution in [0.1, 0.15) is 32.6 Å². The monoisotopic (exact) mass is 424 g/mol. The van der Waals surface area contributed by atoms with Crippen LogP contribution in [0.4, 0.5) is 4.39 Å². The third-order valence-corrected chi connectivity index (χ3v) is 8.04. The Labute approximate surface area is 165 Å². The van der Waals surface area contributed by atoms with E-state index < -0.39 is 59.6 Å². The minimum absolute atomic E-state index is 0.0274. The summed E-state index contributed by atoms with van der Waals surface area (Å²) >= 11 is 0. The second kappa shape index (κ2) is 8.50. The molecule has 1 heterocycles. The van der Waals surface area contributed by atoms with E-state index in [-0.39, 0.29) is 32.3 Å². The fourth-order valence-electron chi connectivity index (χ4n) is 3.80. The van der Waals surface area contributed by atoms with Crippen molar-refractivity contribution in [1.82, 2.24) is 8.61 Å². The highest BCUT2D eigenvalue weighted by Gasteiger charge is 2.55. The Morgan fingerprint density at radius 1 is 1.39 bits per heavy atom. The van der Waals surface area contributed by atoms with Gasteiger partial charge in [-0.05, 0) is 32.5 Å². The maximum absolute atomic E-state index is 13.2. The van der Waals surface area contributed by atoms with Crippen LogP contribution < -0.4 is 11.5 Å². The third-order valence-electron chi connectivity index (χ3n) is 6.02. The molecule has 0 radical (unpaired) electrons. The molecule has 1 aliphatic carbocycles. The molecule has 0 aromatic rings. The first-order valence-corrected chi connectivity index (χ1v) is 10.8. The summed E-state index contributed by atoms with van der Waals surface area (Å²) in [7, 11) is -5.71. The summed E-state index contributed by atoms with van der Waals surface area (Å²) in [6.45, 7) is -0.212. The van der Waals surface area contributed by atoms with Crippen molar-refractivity contribution in [3.8, 4) is 0 Å². The van der Waals surface area contributed by atoms with Crippen LogP contribution in [-0.4, -0.2) is 88.7 Å². The van der Waals surface area contributed by atoms with Gasteiger partial charge < -0.3 is 26.6 Å². The molecule has 0 spiro atoms. The van der Waals surface area contributed by atoms with E-state index in [1.807, 2.05) is 0 Å². The molecule has 1 aliphatic heterocycles. The predicted octanol–water partition coefficient (Wildman–Crippen LogP) is -1.65. The molecule has 2 fully saturated rings. The summed E-state index contributed by atoms with van der Waals surface area (Å²) in [4.78, 5) is 11.8. The van der Waals surface area contributed by atoms with Crippen LogP contribution in [0.5, 0.6) is 0 Å². The first-order chi connectivity index (χ1) is 12.9. The molecular formula is C15H30BFN4O6S. The summed E-state index contributed by atoms with van der Waals surface area (Å²) in [5, 5.41) is 27.5. The number of hydrogen-bond donors (Lipinski definition) is 5. The second-order valence-electron chi connectivity index (χ2n) is 7.96. The van der Waals surface area contributed by atoms with Gasteiger partial charge in [0.1, 0.15) is 12.2 Å².